The molecule has 0 amide bonds. The predicted molar refractivity (Wildman–Crippen MR) is 66.4 cm³/mol. The van der Waals surface area contributed by atoms with Gasteiger partial charge in [-0.05, 0) is 25.3 Å². The third-order valence-electron chi connectivity index (χ3n) is 2.25. The maximum absolute atomic E-state index is 11.5. The zero-order chi connectivity index (χ0) is 12.8. The number of benzene rings is 1. The molecule has 0 saturated heterocycles. The number of methoxy groups -OCH3 is 1. The van der Waals surface area contributed by atoms with E-state index < -0.39 is 12.1 Å². The Morgan fingerprint density at radius 2 is 2.24 bits per heavy atom. The minimum Gasteiger partial charge on any atom is -0.496 e. The molecule has 4 nitrogen and oxygen atoms in total. The number of aliphatic hydroxyl groups is 1. The highest BCUT2D eigenvalue weighted by Crippen LogP contribution is 2.34. The van der Waals surface area contributed by atoms with Crippen LogP contribution in [0.5, 0.6) is 5.75 Å². The van der Waals surface area contributed by atoms with Gasteiger partial charge in [0, 0.05) is 10.5 Å². The predicted octanol–water partition coefficient (Wildman–Crippen LogP) is 2.01. The first kappa shape index (κ1) is 13.9. The number of rotatable bonds is 5. The summed E-state index contributed by atoms with van der Waals surface area (Å²) in [4.78, 5) is 12.3. The van der Waals surface area contributed by atoms with Gasteiger partial charge in [-0.15, -0.1) is 11.8 Å². The number of esters is 1. The molecule has 0 bridgehead atoms. The van der Waals surface area contributed by atoms with Gasteiger partial charge in [0.25, 0.3) is 0 Å². The number of carbonyl (C=O) groups is 1. The van der Waals surface area contributed by atoms with Crippen molar-refractivity contribution < 1.29 is 19.4 Å². The molecule has 1 aromatic rings. The summed E-state index contributed by atoms with van der Waals surface area (Å²) in [6, 6.07) is 5.34. The van der Waals surface area contributed by atoms with Crippen LogP contribution in [0.3, 0.4) is 0 Å². The van der Waals surface area contributed by atoms with Crippen LogP contribution in [-0.4, -0.2) is 31.0 Å². The van der Waals surface area contributed by atoms with E-state index >= 15 is 0 Å². The topological polar surface area (TPSA) is 55.8 Å². The molecule has 0 aliphatic heterocycles. The lowest BCUT2D eigenvalue weighted by molar-refractivity contribution is -0.153. The van der Waals surface area contributed by atoms with E-state index in [0.717, 1.165) is 4.90 Å². The minimum atomic E-state index is -1.31. The van der Waals surface area contributed by atoms with Crippen molar-refractivity contribution >= 4 is 17.7 Å². The van der Waals surface area contributed by atoms with Crippen molar-refractivity contribution in [3.05, 3.63) is 23.8 Å². The summed E-state index contributed by atoms with van der Waals surface area (Å²) < 4.78 is 9.96. The molecule has 94 valence electrons. The minimum absolute atomic E-state index is 0.236. The first-order valence-electron chi connectivity index (χ1n) is 5.21. The fraction of sp³-hybridized carbons (Fsp3) is 0.417. The number of hydrogen-bond acceptors (Lipinski definition) is 5. The molecular weight excluding hydrogens is 240 g/mol. The van der Waals surface area contributed by atoms with Crippen molar-refractivity contribution in [3.63, 3.8) is 0 Å². The molecule has 0 aromatic heterocycles. The van der Waals surface area contributed by atoms with Gasteiger partial charge in [-0.3, -0.25) is 0 Å². The molecule has 17 heavy (non-hydrogen) atoms. The van der Waals surface area contributed by atoms with Crippen LogP contribution < -0.4 is 4.74 Å². The fourth-order valence-corrected chi connectivity index (χ4v) is 2.14. The summed E-state index contributed by atoms with van der Waals surface area (Å²) in [7, 11) is 1.50. The standard InChI is InChI=1S/C12H16O4S/c1-4-16-12(14)11(13)10-8(15-2)6-5-7-9(10)17-3/h5-7,11,13H,4H2,1-3H3. The van der Waals surface area contributed by atoms with Gasteiger partial charge in [0.05, 0.1) is 13.7 Å². The first-order chi connectivity index (χ1) is 8.15. The van der Waals surface area contributed by atoms with Crippen LogP contribution in [-0.2, 0) is 9.53 Å². The maximum Gasteiger partial charge on any atom is 0.339 e. The van der Waals surface area contributed by atoms with E-state index in [1.54, 1.807) is 13.0 Å². The molecule has 1 N–H and O–H groups in total. The highest BCUT2D eigenvalue weighted by atomic mass is 32.2. The zero-order valence-electron chi connectivity index (χ0n) is 10.1. The van der Waals surface area contributed by atoms with E-state index in [4.69, 9.17) is 9.47 Å². The fourth-order valence-electron chi connectivity index (χ4n) is 1.49. The van der Waals surface area contributed by atoms with Crippen molar-refractivity contribution in [2.75, 3.05) is 20.0 Å². The van der Waals surface area contributed by atoms with E-state index in [2.05, 4.69) is 0 Å². The van der Waals surface area contributed by atoms with Gasteiger partial charge in [0.2, 0.25) is 0 Å². The van der Waals surface area contributed by atoms with Crippen molar-refractivity contribution in [1.29, 1.82) is 0 Å². The van der Waals surface area contributed by atoms with E-state index in [-0.39, 0.29) is 6.61 Å². The van der Waals surface area contributed by atoms with Crippen LogP contribution >= 0.6 is 11.8 Å². The Morgan fingerprint density at radius 1 is 1.53 bits per heavy atom. The van der Waals surface area contributed by atoms with Crippen LogP contribution in [0.4, 0.5) is 0 Å². The van der Waals surface area contributed by atoms with Gasteiger partial charge in [-0.25, -0.2) is 4.79 Å². The van der Waals surface area contributed by atoms with Gasteiger partial charge < -0.3 is 14.6 Å². The third-order valence-corrected chi connectivity index (χ3v) is 3.05. The smallest absolute Gasteiger partial charge is 0.339 e. The van der Waals surface area contributed by atoms with Gasteiger partial charge in [0.15, 0.2) is 6.10 Å². The molecule has 0 spiro atoms. The Kier molecular flexibility index (Phi) is 5.31. The molecule has 1 rings (SSSR count). The van der Waals surface area contributed by atoms with Crippen LogP contribution in [0.1, 0.15) is 18.6 Å². The highest BCUT2D eigenvalue weighted by Gasteiger charge is 2.25. The molecule has 0 fully saturated rings. The highest BCUT2D eigenvalue weighted by molar-refractivity contribution is 7.98. The van der Waals surface area contributed by atoms with Crippen molar-refractivity contribution in [1.82, 2.24) is 0 Å². The second kappa shape index (κ2) is 6.51. The van der Waals surface area contributed by atoms with Crippen LogP contribution in [0.25, 0.3) is 0 Å². The monoisotopic (exact) mass is 256 g/mol. The molecule has 1 unspecified atom stereocenters. The van der Waals surface area contributed by atoms with Crippen LogP contribution in [0.2, 0.25) is 0 Å². The summed E-state index contributed by atoms with van der Waals surface area (Å²) in [5.41, 5.74) is 0.459. The summed E-state index contributed by atoms with van der Waals surface area (Å²) in [6.07, 6.45) is 0.560. The van der Waals surface area contributed by atoms with Crippen molar-refractivity contribution in [3.8, 4) is 5.75 Å². The first-order valence-corrected chi connectivity index (χ1v) is 6.43. The second-order valence-corrected chi connectivity index (χ2v) is 4.08. The molecule has 1 aromatic carbocycles. The van der Waals surface area contributed by atoms with Crippen LogP contribution in [0, 0.1) is 0 Å². The molecule has 0 aliphatic rings. The Labute approximate surface area is 105 Å². The normalized spacial score (nSPS) is 12.0. The molecular formula is C12H16O4S. The lowest BCUT2D eigenvalue weighted by Gasteiger charge is -2.16. The quantitative estimate of drug-likeness (QED) is 0.645. The lowest BCUT2D eigenvalue weighted by Crippen LogP contribution is -2.17. The Bertz CT molecular complexity index is 370. The van der Waals surface area contributed by atoms with E-state index in [1.807, 2.05) is 18.4 Å². The summed E-state index contributed by atoms with van der Waals surface area (Å²) in [6.45, 7) is 1.93. The average Bonchev–Trinajstić information content (AvgIpc) is 2.37. The van der Waals surface area contributed by atoms with E-state index in [1.165, 1.54) is 18.9 Å². The number of aliphatic hydroxyl groups excluding tert-OH is 1. The van der Waals surface area contributed by atoms with Crippen molar-refractivity contribution in [2.45, 2.75) is 17.9 Å². The Morgan fingerprint density at radius 3 is 2.76 bits per heavy atom. The Balaban J connectivity index is 3.13. The van der Waals surface area contributed by atoms with E-state index in [9.17, 15) is 9.90 Å². The van der Waals surface area contributed by atoms with Crippen molar-refractivity contribution in [2.24, 2.45) is 0 Å². The SMILES string of the molecule is CCOC(=O)C(O)c1c(OC)cccc1SC. The average molecular weight is 256 g/mol. The van der Waals surface area contributed by atoms with Crippen LogP contribution in [0.15, 0.2) is 23.1 Å². The molecule has 1 atom stereocenters. The lowest BCUT2D eigenvalue weighted by atomic mass is 10.1. The van der Waals surface area contributed by atoms with Gasteiger partial charge >= 0.3 is 5.97 Å². The molecule has 0 radical (unpaired) electrons. The maximum atomic E-state index is 11.5. The number of thioether (sulfide) groups is 1. The second-order valence-electron chi connectivity index (χ2n) is 3.23. The van der Waals surface area contributed by atoms with Gasteiger partial charge in [-0.2, -0.15) is 0 Å². The zero-order valence-corrected chi connectivity index (χ0v) is 10.9. The largest absolute Gasteiger partial charge is 0.496 e. The molecule has 0 aliphatic carbocycles. The number of hydrogen-bond donors (Lipinski definition) is 1. The van der Waals surface area contributed by atoms with E-state index in [0.29, 0.717) is 11.3 Å². The van der Waals surface area contributed by atoms with Gasteiger partial charge in [-0.1, -0.05) is 6.07 Å². The number of carbonyl (C=O) groups excluding carboxylic acids is 1. The summed E-state index contributed by atoms with van der Waals surface area (Å²) in [5, 5.41) is 9.98. The molecule has 5 heteroatoms. The summed E-state index contributed by atoms with van der Waals surface area (Å²) in [5.74, 6) is -0.176. The van der Waals surface area contributed by atoms with Gasteiger partial charge in [0.1, 0.15) is 5.75 Å². The number of ether oxygens (including phenoxy) is 2. The summed E-state index contributed by atoms with van der Waals surface area (Å²) >= 11 is 1.44. The third kappa shape index (κ3) is 3.14. The Hall–Kier alpha value is -1.20. The molecule has 0 heterocycles. The molecule has 0 saturated carbocycles.